The highest BCUT2D eigenvalue weighted by Gasteiger charge is 2.33. The summed E-state index contributed by atoms with van der Waals surface area (Å²) in [5, 5.41) is 2.75. The number of sulfone groups is 1. The molecule has 0 spiro atoms. The van der Waals surface area contributed by atoms with Crippen molar-refractivity contribution in [2.45, 2.75) is 19.8 Å². The van der Waals surface area contributed by atoms with Gasteiger partial charge in [0.05, 0.1) is 11.5 Å². The molecule has 0 bridgehead atoms. The van der Waals surface area contributed by atoms with Gasteiger partial charge in [-0.15, -0.1) is 0 Å². The molecule has 0 atom stereocenters. The fourth-order valence-electron chi connectivity index (χ4n) is 3.83. The average molecular weight is 486 g/mol. The Bertz CT molecular complexity index is 1280. The van der Waals surface area contributed by atoms with Gasteiger partial charge in [-0.05, 0) is 49.6 Å². The summed E-state index contributed by atoms with van der Waals surface area (Å²) >= 11 is 0. The maximum atomic E-state index is 14.3. The molecule has 178 valence electrons. The Labute approximate surface area is 196 Å². The van der Waals surface area contributed by atoms with Crippen LogP contribution >= 0.6 is 0 Å². The quantitative estimate of drug-likeness (QED) is 0.572. The molecule has 1 saturated heterocycles. The fraction of sp³-hybridized carbons (Fsp3) is 0.292. The van der Waals surface area contributed by atoms with E-state index in [-0.39, 0.29) is 36.6 Å². The summed E-state index contributed by atoms with van der Waals surface area (Å²) in [6.07, 6.45) is 3.19. The number of halogens is 1. The largest absolute Gasteiger partial charge is 0.451 e. The normalized spacial score (nSPS) is 15.6. The minimum absolute atomic E-state index is 0.0798. The molecular weight excluding hydrogens is 461 g/mol. The SMILES string of the molecule is Cc1ccc(N(CC(=O)Nc2ccc(-c3cocn3)cc2)C(=O)C2CCS(=O)(=O)CC2)cc1F. The van der Waals surface area contributed by atoms with Crippen LogP contribution < -0.4 is 10.2 Å². The van der Waals surface area contributed by atoms with Crippen LogP contribution in [0.1, 0.15) is 18.4 Å². The Morgan fingerprint density at radius 1 is 1.15 bits per heavy atom. The van der Waals surface area contributed by atoms with Gasteiger partial charge < -0.3 is 14.6 Å². The summed E-state index contributed by atoms with van der Waals surface area (Å²) in [5.41, 5.74) is 2.65. The van der Waals surface area contributed by atoms with Gasteiger partial charge >= 0.3 is 0 Å². The van der Waals surface area contributed by atoms with Crippen molar-refractivity contribution in [1.82, 2.24) is 4.98 Å². The van der Waals surface area contributed by atoms with Gasteiger partial charge in [0.2, 0.25) is 11.8 Å². The van der Waals surface area contributed by atoms with Crippen molar-refractivity contribution in [1.29, 1.82) is 0 Å². The lowest BCUT2D eigenvalue weighted by atomic mass is 10.0. The van der Waals surface area contributed by atoms with Crippen LogP contribution in [0.4, 0.5) is 15.8 Å². The fourth-order valence-corrected chi connectivity index (χ4v) is 5.32. The van der Waals surface area contributed by atoms with E-state index in [9.17, 15) is 22.4 Å². The summed E-state index contributed by atoms with van der Waals surface area (Å²) in [4.78, 5) is 31.4. The van der Waals surface area contributed by atoms with Crippen molar-refractivity contribution in [3.8, 4) is 11.3 Å². The number of anilines is 2. The molecule has 10 heteroatoms. The third kappa shape index (κ3) is 5.51. The number of benzene rings is 2. The van der Waals surface area contributed by atoms with Crippen molar-refractivity contribution in [2.75, 3.05) is 28.3 Å². The second kappa shape index (κ2) is 9.76. The van der Waals surface area contributed by atoms with E-state index in [1.54, 1.807) is 37.3 Å². The third-order valence-electron chi connectivity index (χ3n) is 5.84. The van der Waals surface area contributed by atoms with E-state index in [1.807, 2.05) is 0 Å². The molecule has 0 saturated carbocycles. The molecule has 1 aliphatic rings. The van der Waals surface area contributed by atoms with Crippen LogP contribution in [0.5, 0.6) is 0 Å². The van der Waals surface area contributed by atoms with Crippen LogP contribution in [-0.2, 0) is 19.4 Å². The van der Waals surface area contributed by atoms with Crippen molar-refractivity contribution >= 4 is 33.0 Å². The smallest absolute Gasteiger partial charge is 0.244 e. The zero-order chi connectivity index (χ0) is 24.3. The Morgan fingerprint density at radius 2 is 1.85 bits per heavy atom. The molecular formula is C24H24FN3O5S. The van der Waals surface area contributed by atoms with Crippen molar-refractivity contribution in [3.05, 3.63) is 66.5 Å². The maximum Gasteiger partial charge on any atom is 0.244 e. The zero-order valence-corrected chi connectivity index (χ0v) is 19.3. The van der Waals surface area contributed by atoms with E-state index in [0.29, 0.717) is 16.9 Å². The predicted molar refractivity (Wildman–Crippen MR) is 125 cm³/mol. The molecule has 8 nitrogen and oxygen atoms in total. The number of oxazole rings is 1. The van der Waals surface area contributed by atoms with Gasteiger partial charge in [0, 0.05) is 22.9 Å². The van der Waals surface area contributed by atoms with Gasteiger partial charge in [-0.2, -0.15) is 0 Å². The lowest BCUT2D eigenvalue weighted by Gasteiger charge is -2.29. The predicted octanol–water partition coefficient (Wildman–Crippen LogP) is 3.59. The molecule has 2 aromatic carbocycles. The first-order valence-electron chi connectivity index (χ1n) is 10.8. The first-order valence-corrected chi connectivity index (χ1v) is 12.6. The maximum absolute atomic E-state index is 14.3. The number of aryl methyl sites for hydroxylation is 1. The molecule has 0 radical (unpaired) electrons. The van der Waals surface area contributed by atoms with Crippen LogP contribution in [0.2, 0.25) is 0 Å². The van der Waals surface area contributed by atoms with Crippen LogP contribution in [-0.4, -0.2) is 43.3 Å². The van der Waals surface area contributed by atoms with Gasteiger partial charge in [0.15, 0.2) is 6.39 Å². The van der Waals surface area contributed by atoms with Crippen molar-refractivity contribution < 1.29 is 26.8 Å². The molecule has 2 amide bonds. The molecule has 1 aliphatic heterocycles. The topological polar surface area (TPSA) is 110 Å². The van der Waals surface area contributed by atoms with E-state index in [4.69, 9.17) is 4.42 Å². The Balaban J connectivity index is 1.51. The third-order valence-corrected chi connectivity index (χ3v) is 7.55. The highest BCUT2D eigenvalue weighted by Crippen LogP contribution is 2.26. The van der Waals surface area contributed by atoms with Gasteiger partial charge in [0.1, 0.15) is 34.2 Å². The molecule has 1 N–H and O–H groups in total. The van der Waals surface area contributed by atoms with Gasteiger partial charge in [-0.3, -0.25) is 9.59 Å². The van der Waals surface area contributed by atoms with E-state index in [0.717, 1.165) is 5.56 Å². The molecule has 0 aliphatic carbocycles. The Morgan fingerprint density at radius 3 is 2.47 bits per heavy atom. The standard InChI is InChI=1S/C24H24FN3O5S/c1-16-2-7-20(12-21(16)25)28(24(30)18-8-10-34(31,32)11-9-18)13-23(29)27-19-5-3-17(4-6-19)22-14-33-15-26-22/h2-7,12,14-15,18H,8-11,13H2,1H3,(H,27,29). The minimum atomic E-state index is -3.16. The van der Waals surface area contributed by atoms with E-state index in [1.165, 1.54) is 29.7 Å². The molecule has 0 unspecified atom stereocenters. The second-order valence-corrected chi connectivity index (χ2v) is 10.6. The first kappa shape index (κ1) is 23.6. The minimum Gasteiger partial charge on any atom is -0.451 e. The summed E-state index contributed by atoms with van der Waals surface area (Å²) in [5.74, 6) is -2.07. The van der Waals surface area contributed by atoms with Gasteiger partial charge in [-0.1, -0.05) is 18.2 Å². The number of rotatable bonds is 6. The Kier molecular flexibility index (Phi) is 6.78. The lowest BCUT2D eigenvalue weighted by Crippen LogP contribution is -2.43. The molecule has 1 aromatic heterocycles. The molecule has 1 fully saturated rings. The number of amides is 2. The van der Waals surface area contributed by atoms with E-state index < -0.39 is 33.4 Å². The number of aromatic nitrogens is 1. The van der Waals surface area contributed by atoms with Crippen molar-refractivity contribution in [2.24, 2.45) is 5.92 Å². The second-order valence-electron chi connectivity index (χ2n) is 8.28. The highest BCUT2D eigenvalue weighted by atomic mass is 32.2. The lowest BCUT2D eigenvalue weighted by molar-refractivity contribution is -0.124. The zero-order valence-electron chi connectivity index (χ0n) is 18.5. The monoisotopic (exact) mass is 485 g/mol. The van der Waals surface area contributed by atoms with E-state index in [2.05, 4.69) is 10.3 Å². The number of nitrogens with one attached hydrogen (secondary N) is 1. The number of nitrogens with zero attached hydrogens (tertiary/aromatic N) is 2. The molecule has 2 heterocycles. The van der Waals surface area contributed by atoms with Crippen LogP contribution in [0, 0.1) is 18.7 Å². The molecule has 4 rings (SSSR count). The van der Waals surface area contributed by atoms with E-state index >= 15 is 0 Å². The van der Waals surface area contributed by atoms with Crippen LogP contribution in [0.15, 0.2) is 59.5 Å². The van der Waals surface area contributed by atoms with Crippen LogP contribution in [0.25, 0.3) is 11.3 Å². The Hall–Kier alpha value is -3.53. The number of hydrogen-bond acceptors (Lipinski definition) is 6. The number of hydrogen-bond donors (Lipinski definition) is 1. The summed E-state index contributed by atoms with van der Waals surface area (Å²) in [6, 6.07) is 11.3. The molecule has 34 heavy (non-hydrogen) atoms. The van der Waals surface area contributed by atoms with Gasteiger partial charge in [-0.25, -0.2) is 17.8 Å². The number of carbonyl (C=O) groups is 2. The van der Waals surface area contributed by atoms with Crippen molar-refractivity contribution in [3.63, 3.8) is 0 Å². The summed E-state index contributed by atoms with van der Waals surface area (Å²) < 4.78 is 42.8. The highest BCUT2D eigenvalue weighted by molar-refractivity contribution is 7.91. The summed E-state index contributed by atoms with van der Waals surface area (Å²) in [6.45, 7) is 1.27. The van der Waals surface area contributed by atoms with Gasteiger partial charge in [0.25, 0.3) is 0 Å². The molecule has 3 aromatic rings. The first-order chi connectivity index (χ1) is 16.2. The average Bonchev–Trinajstić information content (AvgIpc) is 3.34. The summed E-state index contributed by atoms with van der Waals surface area (Å²) in [7, 11) is -3.16. The number of carbonyl (C=O) groups excluding carboxylic acids is 2. The van der Waals surface area contributed by atoms with Crippen LogP contribution in [0.3, 0.4) is 0 Å².